The van der Waals surface area contributed by atoms with E-state index >= 15 is 0 Å². The Hall–Kier alpha value is -3.69. The quantitative estimate of drug-likeness (QED) is 0.376. The molecule has 0 radical (unpaired) electrons. The Labute approximate surface area is 201 Å². The predicted molar refractivity (Wildman–Crippen MR) is 135 cm³/mol. The zero-order valence-corrected chi connectivity index (χ0v) is 20.3. The van der Waals surface area contributed by atoms with Crippen LogP contribution in [0.1, 0.15) is 15.9 Å². The van der Waals surface area contributed by atoms with Crippen molar-refractivity contribution in [2.75, 3.05) is 11.8 Å². The van der Waals surface area contributed by atoms with Crippen LogP contribution in [0.2, 0.25) is 0 Å². The second-order valence-electron chi connectivity index (χ2n) is 7.50. The number of methoxy groups -OCH3 is 1. The molecule has 4 aromatic rings. The van der Waals surface area contributed by atoms with Gasteiger partial charge in [0, 0.05) is 6.54 Å². The first-order valence-corrected chi connectivity index (χ1v) is 12.7. The molecule has 3 aromatic carbocycles. The number of amides is 1. The summed E-state index contributed by atoms with van der Waals surface area (Å²) in [4.78, 5) is 18.1. The number of rotatable bonds is 7. The predicted octanol–water partition coefficient (Wildman–Crippen LogP) is 4.75. The van der Waals surface area contributed by atoms with Crippen LogP contribution < -0.4 is 14.3 Å². The molecule has 0 unspecified atom stereocenters. The lowest BCUT2D eigenvalue weighted by molar-refractivity contribution is 0.0998. The number of thiazole rings is 1. The number of nitrogens with zero attached hydrogens (tertiary/aromatic N) is 2. The van der Waals surface area contributed by atoms with E-state index < -0.39 is 15.9 Å². The number of para-hydroxylation sites is 1. The molecule has 0 spiro atoms. The van der Waals surface area contributed by atoms with Crippen molar-refractivity contribution in [2.24, 2.45) is 4.99 Å². The molecule has 9 heteroatoms. The topological polar surface area (TPSA) is 89.8 Å². The number of anilines is 1. The number of carbonyl (C=O) groups is 1. The van der Waals surface area contributed by atoms with Gasteiger partial charge in [-0.3, -0.25) is 9.52 Å². The van der Waals surface area contributed by atoms with E-state index in [1.165, 1.54) is 23.5 Å². The van der Waals surface area contributed by atoms with Gasteiger partial charge in [0.15, 0.2) is 4.80 Å². The van der Waals surface area contributed by atoms with Crippen molar-refractivity contribution >= 4 is 43.2 Å². The number of aryl methyl sites for hydroxylation is 1. The Kier molecular flexibility index (Phi) is 6.67. The summed E-state index contributed by atoms with van der Waals surface area (Å²) in [6.45, 7) is 6.13. The molecular formula is C25H23N3O4S2. The second-order valence-corrected chi connectivity index (χ2v) is 10.2. The van der Waals surface area contributed by atoms with Gasteiger partial charge >= 0.3 is 0 Å². The van der Waals surface area contributed by atoms with Crippen molar-refractivity contribution in [3.63, 3.8) is 0 Å². The fourth-order valence-corrected chi connectivity index (χ4v) is 5.54. The summed E-state index contributed by atoms with van der Waals surface area (Å²) in [5.41, 5.74) is 2.15. The van der Waals surface area contributed by atoms with E-state index in [0.717, 1.165) is 15.8 Å². The number of aromatic nitrogens is 1. The highest BCUT2D eigenvalue weighted by Crippen LogP contribution is 2.24. The normalized spacial score (nSPS) is 12.0. The number of sulfonamides is 1. The molecule has 1 heterocycles. The Bertz CT molecular complexity index is 1550. The zero-order chi connectivity index (χ0) is 24.3. The minimum Gasteiger partial charge on any atom is -0.497 e. The lowest BCUT2D eigenvalue weighted by Gasteiger charge is -2.11. The fourth-order valence-electron chi connectivity index (χ4n) is 3.40. The third kappa shape index (κ3) is 4.80. The van der Waals surface area contributed by atoms with Crippen LogP contribution in [0.5, 0.6) is 5.75 Å². The Balaban J connectivity index is 1.75. The van der Waals surface area contributed by atoms with E-state index in [0.29, 0.717) is 17.1 Å². The highest BCUT2D eigenvalue weighted by atomic mass is 32.2. The van der Waals surface area contributed by atoms with E-state index in [9.17, 15) is 13.2 Å². The summed E-state index contributed by atoms with van der Waals surface area (Å²) in [7, 11) is -2.28. The second kappa shape index (κ2) is 9.66. The first-order chi connectivity index (χ1) is 16.3. The maximum atomic E-state index is 13.2. The number of hydrogen-bond donors (Lipinski definition) is 1. The molecular weight excluding hydrogens is 470 g/mol. The fraction of sp³-hybridized carbons (Fsp3) is 0.120. The monoisotopic (exact) mass is 493 g/mol. The molecule has 0 saturated carbocycles. The molecule has 0 aliphatic heterocycles. The van der Waals surface area contributed by atoms with Crippen molar-refractivity contribution in [1.82, 2.24) is 4.57 Å². The van der Waals surface area contributed by atoms with E-state index in [1.54, 1.807) is 49.6 Å². The minimum atomic E-state index is -3.88. The van der Waals surface area contributed by atoms with Gasteiger partial charge in [0.2, 0.25) is 0 Å². The molecule has 174 valence electrons. The number of hydrogen-bond acceptors (Lipinski definition) is 5. The number of benzene rings is 3. The van der Waals surface area contributed by atoms with Crippen molar-refractivity contribution in [3.8, 4) is 5.75 Å². The minimum absolute atomic E-state index is 0.111. The van der Waals surface area contributed by atoms with Crippen molar-refractivity contribution < 1.29 is 17.9 Å². The van der Waals surface area contributed by atoms with Gasteiger partial charge in [0.05, 0.1) is 33.5 Å². The molecule has 0 aliphatic rings. The first kappa shape index (κ1) is 23.5. The van der Waals surface area contributed by atoms with Gasteiger partial charge in [-0.25, -0.2) is 8.42 Å². The number of carbonyl (C=O) groups excluding carboxylic acids is 1. The molecule has 1 N–H and O–H groups in total. The van der Waals surface area contributed by atoms with E-state index in [2.05, 4.69) is 16.3 Å². The summed E-state index contributed by atoms with van der Waals surface area (Å²) in [5.74, 6) is 0.145. The van der Waals surface area contributed by atoms with Gasteiger partial charge in [0.1, 0.15) is 5.75 Å². The van der Waals surface area contributed by atoms with Crippen LogP contribution in [0, 0.1) is 6.92 Å². The van der Waals surface area contributed by atoms with Gasteiger partial charge in [0.25, 0.3) is 15.9 Å². The van der Waals surface area contributed by atoms with Crippen LogP contribution in [-0.4, -0.2) is 26.0 Å². The van der Waals surface area contributed by atoms with E-state index in [4.69, 9.17) is 4.74 Å². The van der Waals surface area contributed by atoms with E-state index in [-0.39, 0.29) is 16.1 Å². The molecule has 1 aromatic heterocycles. The van der Waals surface area contributed by atoms with Gasteiger partial charge in [-0.05, 0) is 49.4 Å². The van der Waals surface area contributed by atoms with Gasteiger partial charge in [-0.2, -0.15) is 4.99 Å². The molecule has 34 heavy (non-hydrogen) atoms. The molecule has 1 amide bonds. The van der Waals surface area contributed by atoms with Gasteiger partial charge in [-0.1, -0.05) is 47.2 Å². The first-order valence-electron chi connectivity index (χ1n) is 10.4. The van der Waals surface area contributed by atoms with Crippen LogP contribution in [0.15, 0.2) is 89.3 Å². The number of allylic oxidation sites excluding steroid dienone is 1. The summed E-state index contributed by atoms with van der Waals surface area (Å²) in [5, 5.41) is 0. The smallest absolute Gasteiger partial charge is 0.281 e. The Morgan fingerprint density at radius 3 is 2.59 bits per heavy atom. The third-order valence-corrected chi connectivity index (χ3v) is 7.55. The van der Waals surface area contributed by atoms with Crippen molar-refractivity contribution in [3.05, 3.63) is 95.3 Å². The van der Waals surface area contributed by atoms with E-state index in [1.807, 2.05) is 29.7 Å². The molecule has 0 aliphatic carbocycles. The molecule has 0 fully saturated rings. The standard InChI is InChI=1S/C25H23N3O4S2/c1-4-15-28-22-14-11-18(32-3)16-23(22)33-25(28)26-24(29)20-7-5-6-8-21(20)27-34(30,31)19-12-9-17(2)10-13-19/h4-14,16,27H,1,15H2,2-3H3. The average molecular weight is 494 g/mol. The molecule has 7 nitrogen and oxygen atoms in total. The highest BCUT2D eigenvalue weighted by Gasteiger charge is 2.19. The lowest BCUT2D eigenvalue weighted by Crippen LogP contribution is -2.18. The average Bonchev–Trinajstić information content (AvgIpc) is 3.15. The maximum absolute atomic E-state index is 13.2. The SMILES string of the molecule is C=CCn1c(=NC(=O)c2ccccc2NS(=O)(=O)c2ccc(C)cc2)sc2cc(OC)ccc21. The van der Waals surface area contributed by atoms with Crippen LogP contribution in [-0.2, 0) is 16.6 Å². The van der Waals surface area contributed by atoms with Crippen molar-refractivity contribution in [2.45, 2.75) is 18.4 Å². The van der Waals surface area contributed by atoms with Crippen LogP contribution >= 0.6 is 11.3 Å². The molecule has 0 saturated heterocycles. The van der Waals surface area contributed by atoms with Crippen molar-refractivity contribution in [1.29, 1.82) is 0 Å². The van der Waals surface area contributed by atoms with Crippen LogP contribution in [0.25, 0.3) is 10.2 Å². The largest absolute Gasteiger partial charge is 0.497 e. The van der Waals surface area contributed by atoms with Gasteiger partial charge < -0.3 is 9.30 Å². The Morgan fingerprint density at radius 1 is 1.15 bits per heavy atom. The van der Waals surface area contributed by atoms with Crippen LogP contribution in [0.3, 0.4) is 0 Å². The zero-order valence-electron chi connectivity index (χ0n) is 18.7. The van der Waals surface area contributed by atoms with Gasteiger partial charge in [-0.15, -0.1) is 6.58 Å². The summed E-state index contributed by atoms with van der Waals surface area (Å²) >= 11 is 1.34. The van der Waals surface area contributed by atoms with Crippen LogP contribution in [0.4, 0.5) is 5.69 Å². The number of ether oxygens (including phenoxy) is 1. The third-order valence-electron chi connectivity index (χ3n) is 5.13. The number of fused-ring (bicyclic) bond motifs is 1. The summed E-state index contributed by atoms with van der Waals surface area (Å²) < 4.78 is 36.4. The Morgan fingerprint density at radius 2 is 1.88 bits per heavy atom. The summed E-state index contributed by atoms with van der Waals surface area (Å²) in [6.07, 6.45) is 1.73. The molecule has 0 atom stereocenters. The number of nitrogens with one attached hydrogen (secondary N) is 1. The highest BCUT2D eigenvalue weighted by molar-refractivity contribution is 7.92. The maximum Gasteiger partial charge on any atom is 0.281 e. The molecule has 0 bridgehead atoms. The molecule has 4 rings (SSSR count). The summed E-state index contributed by atoms with van der Waals surface area (Å²) in [6, 6.07) is 18.5. The lowest BCUT2D eigenvalue weighted by atomic mass is 10.2.